The van der Waals surface area contributed by atoms with E-state index in [-0.39, 0.29) is 23.3 Å². The third-order valence-corrected chi connectivity index (χ3v) is 6.18. The van der Waals surface area contributed by atoms with E-state index in [1.165, 1.54) is 12.8 Å². The molecule has 29 heavy (non-hydrogen) atoms. The van der Waals surface area contributed by atoms with Crippen LogP contribution in [0.4, 0.5) is 5.69 Å². The fraction of sp³-hybridized carbons (Fsp3) is 0.652. The van der Waals surface area contributed by atoms with Crippen molar-refractivity contribution >= 4 is 29.1 Å². The molecular formula is C23H34ClN3O2. The first-order valence-electron chi connectivity index (χ1n) is 10.8. The molecule has 1 aliphatic heterocycles. The number of hydrogen-bond acceptors (Lipinski definition) is 3. The second-order valence-corrected chi connectivity index (χ2v) is 10.1. The SMILES string of the molecule is CC(C)(C)CC(=O)N1CCN(C(C(=O)Nc2cccc(Cl)c2)C2CCCC2)CC1. The molecule has 1 N–H and O–H groups in total. The van der Waals surface area contributed by atoms with Gasteiger partial charge in [-0.05, 0) is 42.4 Å². The minimum atomic E-state index is -0.142. The van der Waals surface area contributed by atoms with Gasteiger partial charge in [-0.2, -0.15) is 0 Å². The highest BCUT2D eigenvalue weighted by Crippen LogP contribution is 2.32. The molecule has 5 nitrogen and oxygen atoms in total. The minimum absolute atomic E-state index is 0.00254. The van der Waals surface area contributed by atoms with Crippen LogP contribution in [0.25, 0.3) is 0 Å². The van der Waals surface area contributed by atoms with E-state index in [0.717, 1.165) is 31.6 Å². The zero-order valence-electron chi connectivity index (χ0n) is 17.9. The number of nitrogens with zero attached hydrogens (tertiary/aromatic N) is 2. The Morgan fingerprint density at radius 2 is 1.79 bits per heavy atom. The fourth-order valence-electron chi connectivity index (χ4n) is 4.55. The summed E-state index contributed by atoms with van der Waals surface area (Å²) in [6, 6.07) is 7.17. The van der Waals surface area contributed by atoms with Crippen LogP contribution in [0.1, 0.15) is 52.9 Å². The predicted molar refractivity (Wildman–Crippen MR) is 118 cm³/mol. The van der Waals surface area contributed by atoms with Crippen molar-refractivity contribution in [1.82, 2.24) is 9.80 Å². The van der Waals surface area contributed by atoms with Crippen molar-refractivity contribution in [2.45, 2.75) is 58.9 Å². The second-order valence-electron chi connectivity index (χ2n) is 9.64. The fourth-order valence-corrected chi connectivity index (χ4v) is 4.74. The number of nitrogens with one attached hydrogen (secondary N) is 1. The average molecular weight is 420 g/mol. The van der Waals surface area contributed by atoms with Gasteiger partial charge in [-0.3, -0.25) is 14.5 Å². The Morgan fingerprint density at radius 3 is 2.38 bits per heavy atom. The van der Waals surface area contributed by atoms with Crippen LogP contribution in [0.3, 0.4) is 0 Å². The van der Waals surface area contributed by atoms with E-state index in [1.54, 1.807) is 12.1 Å². The third-order valence-electron chi connectivity index (χ3n) is 5.95. The van der Waals surface area contributed by atoms with Crippen LogP contribution < -0.4 is 5.32 Å². The molecule has 1 saturated carbocycles. The molecule has 6 heteroatoms. The first-order valence-corrected chi connectivity index (χ1v) is 11.2. The van der Waals surface area contributed by atoms with Crippen LogP contribution >= 0.6 is 11.6 Å². The van der Waals surface area contributed by atoms with E-state index < -0.39 is 0 Å². The highest BCUT2D eigenvalue weighted by molar-refractivity contribution is 6.30. The number of anilines is 1. The minimum Gasteiger partial charge on any atom is -0.340 e. The third kappa shape index (κ3) is 6.19. The molecule has 160 valence electrons. The first kappa shape index (κ1) is 22.1. The molecule has 1 aromatic rings. The number of amides is 2. The van der Waals surface area contributed by atoms with Crippen LogP contribution in [0.15, 0.2) is 24.3 Å². The first-order chi connectivity index (χ1) is 13.7. The molecule has 1 aromatic carbocycles. The average Bonchev–Trinajstić information content (AvgIpc) is 3.15. The number of carbonyl (C=O) groups is 2. The zero-order valence-corrected chi connectivity index (χ0v) is 18.7. The van der Waals surface area contributed by atoms with Gasteiger partial charge >= 0.3 is 0 Å². The van der Waals surface area contributed by atoms with E-state index in [0.29, 0.717) is 30.5 Å². The molecule has 0 radical (unpaired) electrons. The topological polar surface area (TPSA) is 52.7 Å². The van der Waals surface area contributed by atoms with Gasteiger partial charge in [0.2, 0.25) is 11.8 Å². The molecule has 3 rings (SSSR count). The maximum absolute atomic E-state index is 13.2. The van der Waals surface area contributed by atoms with Gasteiger partial charge in [-0.25, -0.2) is 0 Å². The monoisotopic (exact) mass is 419 g/mol. The summed E-state index contributed by atoms with van der Waals surface area (Å²) in [6.07, 6.45) is 5.13. The van der Waals surface area contributed by atoms with Crippen LogP contribution in [0, 0.1) is 11.3 Å². The van der Waals surface area contributed by atoms with Crippen molar-refractivity contribution in [3.63, 3.8) is 0 Å². The van der Waals surface area contributed by atoms with Gasteiger partial charge in [0.15, 0.2) is 0 Å². The summed E-state index contributed by atoms with van der Waals surface area (Å²) in [5.74, 6) is 0.651. The molecule has 0 spiro atoms. The Morgan fingerprint density at radius 1 is 1.14 bits per heavy atom. The molecule has 2 aliphatic rings. The molecule has 1 unspecified atom stereocenters. The van der Waals surface area contributed by atoms with Crippen LogP contribution in [0.5, 0.6) is 0 Å². The van der Waals surface area contributed by atoms with E-state index in [2.05, 4.69) is 31.0 Å². The normalized spacial score (nSPS) is 19.9. The van der Waals surface area contributed by atoms with E-state index >= 15 is 0 Å². The second kappa shape index (κ2) is 9.48. The molecule has 1 saturated heterocycles. The Labute approximate surface area is 179 Å². The van der Waals surface area contributed by atoms with Crippen LogP contribution in [-0.4, -0.2) is 53.8 Å². The Hall–Kier alpha value is -1.59. The van der Waals surface area contributed by atoms with Crippen LogP contribution in [0.2, 0.25) is 5.02 Å². The lowest BCUT2D eigenvalue weighted by molar-refractivity contribution is -0.136. The molecular weight excluding hydrogens is 386 g/mol. The Kier molecular flexibility index (Phi) is 7.23. The summed E-state index contributed by atoms with van der Waals surface area (Å²) >= 11 is 6.08. The molecule has 1 aliphatic carbocycles. The maximum atomic E-state index is 13.2. The number of carbonyl (C=O) groups excluding carboxylic acids is 2. The summed E-state index contributed by atoms with van der Waals surface area (Å²) < 4.78 is 0. The van der Waals surface area contributed by atoms with Crippen LogP contribution in [-0.2, 0) is 9.59 Å². The van der Waals surface area contributed by atoms with Crippen molar-refractivity contribution in [3.05, 3.63) is 29.3 Å². The Bertz CT molecular complexity index is 717. The van der Waals surface area contributed by atoms with Gasteiger partial charge in [0, 0.05) is 43.3 Å². The van der Waals surface area contributed by atoms with Gasteiger partial charge in [0.25, 0.3) is 0 Å². The highest BCUT2D eigenvalue weighted by Gasteiger charge is 2.37. The lowest BCUT2D eigenvalue weighted by Gasteiger charge is -2.41. The number of benzene rings is 1. The van der Waals surface area contributed by atoms with Gasteiger partial charge in [-0.1, -0.05) is 51.3 Å². The predicted octanol–water partition coefficient (Wildman–Crippen LogP) is 4.42. The number of rotatable bonds is 5. The largest absolute Gasteiger partial charge is 0.340 e. The summed E-state index contributed by atoms with van der Waals surface area (Å²) in [5.41, 5.74) is 0.738. The quantitative estimate of drug-likeness (QED) is 0.768. The van der Waals surface area contributed by atoms with Crippen molar-refractivity contribution < 1.29 is 9.59 Å². The number of halogens is 1. The Balaban J connectivity index is 1.65. The lowest BCUT2D eigenvalue weighted by atomic mass is 9.91. The van der Waals surface area contributed by atoms with E-state index in [4.69, 9.17) is 11.6 Å². The van der Waals surface area contributed by atoms with Crippen molar-refractivity contribution in [2.75, 3.05) is 31.5 Å². The summed E-state index contributed by atoms with van der Waals surface area (Å²) in [5, 5.41) is 3.69. The van der Waals surface area contributed by atoms with Gasteiger partial charge < -0.3 is 10.2 Å². The molecule has 1 heterocycles. The van der Waals surface area contributed by atoms with Gasteiger partial charge in [-0.15, -0.1) is 0 Å². The summed E-state index contributed by atoms with van der Waals surface area (Å²) in [6.45, 7) is 9.18. The van der Waals surface area contributed by atoms with Crippen molar-refractivity contribution in [2.24, 2.45) is 11.3 Å². The zero-order chi connectivity index (χ0) is 21.0. The lowest BCUT2D eigenvalue weighted by Crippen LogP contribution is -2.57. The molecule has 0 aromatic heterocycles. The van der Waals surface area contributed by atoms with Gasteiger partial charge in [0.1, 0.15) is 0 Å². The van der Waals surface area contributed by atoms with E-state index in [1.807, 2.05) is 17.0 Å². The summed E-state index contributed by atoms with van der Waals surface area (Å²) in [4.78, 5) is 30.1. The smallest absolute Gasteiger partial charge is 0.242 e. The molecule has 0 bridgehead atoms. The van der Waals surface area contributed by atoms with Gasteiger partial charge in [0.05, 0.1) is 6.04 Å². The molecule has 2 fully saturated rings. The number of hydrogen-bond donors (Lipinski definition) is 1. The summed E-state index contributed by atoms with van der Waals surface area (Å²) in [7, 11) is 0. The molecule has 1 atom stereocenters. The van der Waals surface area contributed by atoms with E-state index in [9.17, 15) is 9.59 Å². The van der Waals surface area contributed by atoms with Crippen molar-refractivity contribution in [3.8, 4) is 0 Å². The van der Waals surface area contributed by atoms with Crippen molar-refractivity contribution in [1.29, 1.82) is 0 Å². The maximum Gasteiger partial charge on any atom is 0.242 e. The highest BCUT2D eigenvalue weighted by atomic mass is 35.5. The number of piperazine rings is 1. The standard InChI is InChI=1S/C23H34ClN3O2/c1-23(2,3)16-20(28)26-11-13-27(14-12-26)21(17-7-4-5-8-17)22(29)25-19-10-6-9-18(24)15-19/h6,9-10,15,17,21H,4-5,7-8,11-14,16H2,1-3H3,(H,25,29). The molecule has 2 amide bonds.